The van der Waals surface area contributed by atoms with Crippen LogP contribution in [0.2, 0.25) is 10.0 Å². The highest BCUT2D eigenvalue weighted by Gasteiger charge is 2.32. The first-order chi connectivity index (χ1) is 8.67. The van der Waals surface area contributed by atoms with Gasteiger partial charge in [0.25, 0.3) is 30.4 Å². The van der Waals surface area contributed by atoms with Gasteiger partial charge in [-0.2, -0.15) is 25.3 Å². The van der Waals surface area contributed by atoms with E-state index in [4.69, 9.17) is 36.9 Å². The van der Waals surface area contributed by atoms with Crippen LogP contribution in [0.15, 0.2) is 20.8 Å². The average Bonchev–Trinajstić information content (AvgIpc) is 2.10. The maximum Gasteiger partial charge on any atom is 0.297 e. The molecule has 0 heterocycles. The van der Waals surface area contributed by atoms with Gasteiger partial charge in [-0.3, -0.25) is 13.7 Å². The molecule has 0 radical (unpaired) electrons. The number of hydrogen-bond donors (Lipinski definition) is 3. The Balaban J connectivity index is 4.18. The number of halogens is 2. The molecule has 0 saturated heterocycles. The summed E-state index contributed by atoms with van der Waals surface area (Å²) in [6.07, 6.45) is 0. The second-order valence-corrected chi connectivity index (χ2v) is 8.15. The summed E-state index contributed by atoms with van der Waals surface area (Å²) in [4.78, 5) is -4.23. The third kappa shape index (κ3) is 3.40. The molecule has 9 nitrogen and oxygen atoms in total. The van der Waals surface area contributed by atoms with Gasteiger partial charge in [-0.1, -0.05) is 23.2 Å². The summed E-state index contributed by atoms with van der Waals surface area (Å²) in [5.74, 6) is 0. The molecule has 0 aromatic heterocycles. The van der Waals surface area contributed by atoms with Crippen LogP contribution >= 0.6 is 23.2 Å². The molecule has 14 heteroatoms. The Morgan fingerprint density at radius 1 is 0.700 bits per heavy atom. The fourth-order valence-corrected chi connectivity index (χ4v) is 4.75. The maximum absolute atomic E-state index is 11.1. The highest BCUT2D eigenvalue weighted by Crippen LogP contribution is 2.38. The first kappa shape index (κ1) is 17.6. The Labute approximate surface area is 123 Å². The van der Waals surface area contributed by atoms with Gasteiger partial charge in [0.15, 0.2) is 0 Å². The quantitative estimate of drug-likeness (QED) is 0.635. The Kier molecular flexibility index (Phi) is 4.45. The Morgan fingerprint density at radius 3 is 1.20 bits per heavy atom. The van der Waals surface area contributed by atoms with Gasteiger partial charge < -0.3 is 0 Å². The van der Waals surface area contributed by atoms with Crippen LogP contribution in [0.25, 0.3) is 0 Å². The smallest absolute Gasteiger partial charge is 0.282 e. The highest BCUT2D eigenvalue weighted by atomic mass is 35.5. The lowest BCUT2D eigenvalue weighted by molar-refractivity contribution is 0.478. The van der Waals surface area contributed by atoms with Crippen molar-refractivity contribution in [1.29, 1.82) is 0 Å². The lowest BCUT2D eigenvalue weighted by Crippen LogP contribution is -2.10. The molecular weight excluding hydrogens is 383 g/mol. The van der Waals surface area contributed by atoms with Crippen molar-refractivity contribution < 1.29 is 38.9 Å². The second kappa shape index (κ2) is 5.06. The molecule has 0 fully saturated rings. The molecule has 0 aliphatic carbocycles. The minimum absolute atomic E-state index is 0.143. The zero-order chi connectivity index (χ0) is 16.1. The third-order valence-electron chi connectivity index (χ3n) is 1.91. The van der Waals surface area contributed by atoms with Crippen LogP contribution in [0, 0.1) is 0 Å². The Morgan fingerprint density at radius 2 is 1.00 bits per heavy atom. The molecule has 0 spiro atoms. The molecule has 1 aromatic rings. The largest absolute Gasteiger partial charge is 0.297 e. The van der Waals surface area contributed by atoms with Gasteiger partial charge in [0.05, 0.1) is 10.0 Å². The topological polar surface area (TPSA) is 163 Å². The van der Waals surface area contributed by atoms with Crippen LogP contribution in [-0.4, -0.2) is 38.9 Å². The molecule has 1 rings (SSSR count). The van der Waals surface area contributed by atoms with E-state index in [2.05, 4.69) is 0 Å². The van der Waals surface area contributed by atoms with Gasteiger partial charge >= 0.3 is 0 Å². The summed E-state index contributed by atoms with van der Waals surface area (Å²) in [6.45, 7) is 0. The Hall–Kier alpha value is -0.470. The van der Waals surface area contributed by atoms with E-state index in [1.807, 2.05) is 0 Å². The predicted molar refractivity (Wildman–Crippen MR) is 65.9 cm³/mol. The first-order valence-corrected chi connectivity index (χ1v) is 9.19. The van der Waals surface area contributed by atoms with E-state index in [1.165, 1.54) is 0 Å². The van der Waals surface area contributed by atoms with Crippen LogP contribution in [0.1, 0.15) is 0 Å². The molecule has 0 bridgehead atoms. The summed E-state index contributed by atoms with van der Waals surface area (Å²) >= 11 is 10.7. The summed E-state index contributed by atoms with van der Waals surface area (Å²) in [7, 11) is -15.6. The zero-order valence-corrected chi connectivity index (χ0v) is 12.8. The van der Waals surface area contributed by atoms with Crippen molar-refractivity contribution in [1.82, 2.24) is 0 Å². The first-order valence-electron chi connectivity index (χ1n) is 4.12. The van der Waals surface area contributed by atoms with Crippen LogP contribution in [-0.2, 0) is 30.4 Å². The highest BCUT2D eigenvalue weighted by molar-refractivity contribution is 7.87. The summed E-state index contributed by atoms with van der Waals surface area (Å²) in [5.41, 5.74) is 0. The van der Waals surface area contributed by atoms with Crippen molar-refractivity contribution in [3.05, 3.63) is 16.1 Å². The normalized spacial score (nSPS) is 13.4. The predicted octanol–water partition coefficient (Wildman–Crippen LogP) is 0.734. The number of benzene rings is 1. The molecular formula is C6H4Cl2O9S3. The zero-order valence-electron chi connectivity index (χ0n) is 8.85. The van der Waals surface area contributed by atoms with Crippen molar-refractivity contribution >= 4 is 53.6 Å². The standard InChI is InChI=1S/C6H4Cl2O9S3/c7-4-2(18(9,10)11)1-3(19(12,13)14)5(8)6(4)20(15,16)17/h1H,(H,9,10,11)(H,12,13,14)(H,15,16,17). The van der Waals surface area contributed by atoms with Crippen molar-refractivity contribution in [2.75, 3.05) is 0 Å². The molecule has 3 N–H and O–H groups in total. The fourth-order valence-electron chi connectivity index (χ4n) is 1.17. The maximum atomic E-state index is 11.1. The second-order valence-electron chi connectivity index (χ2n) is 3.26. The van der Waals surface area contributed by atoms with Crippen molar-refractivity contribution in [3.63, 3.8) is 0 Å². The van der Waals surface area contributed by atoms with Crippen molar-refractivity contribution in [3.8, 4) is 0 Å². The summed E-state index contributed by atoms with van der Waals surface area (Å²) < 4.78 is 92.7. The molecule has 0 saturated carbocycles. The van der Waals surface area contributed by atoms with Gasteiger partial charge in [-0.15, -0.1) is 0 Å². The Bertz CT molecular complexity index is 826. The van der Waals surface area contributed by atoms with E-state index in [9.17, 15) is 25.3 Å². The van der Waals surface area contributed by atoms with E-state index in [0.29, 0.717) is 0 Å². The molecule has 0 aliphatic rings. The number of hydrogen-bond acceptors (Lipinski definition) is 6. The molecule has 0 unspecified atom stereocenters. The minimum Gasteiger partial charge on any atom is -0.282 e. The lowest BCUT2D eigenvalue weighted by atomic mass is 10.3. The third-order valence-corrected chi connectivity index (χ3v) is 5.82. The van der Waals surface area contributed by atoms with E-state index in [0.717, 1.165) is 0 Å². The molecule has 0 amide bonds. The average molecular weight is 387 g/mol. The van der Waals surface area contributed by atoms with Crippen LogP contribution in [0.4, 0.5) is 0 Å². The number of rotatable bonds is 3. The molecule has 20 heavy (non-hydrogen) atoms. The van der Waals surface area contributed by atoms with Crippen LogP contribution in [0.5, 0.6) is 0 Å². The van der Waals surface area contributed by atoms with Gasteiger partial charge in [-0.05, 0) is 6.07 Å². The fraction of sp³-hybridized carbons (Fsp3) is 0. The molecule has 0 atom stereocenters. The van der Waals surface area contributed by atoms with E-state index >= 15 is 0 Å². The molecule has 0 aliphatic heterocycles. The van der Waals surface area contributed by atoms with E-state index in [-0.39, 0.29) is 6.07 Å². The van der Waals surface area contributed by atoms with Gasteiger partial charge in [0.1, 0.15) is 14.7 Å². The summed E-state index contributed by atoms with van der Waals surface area (Å²) in [6, 6.07) is 0.143. The van der Waals surface area contributed by atoms with Crippen molar-refractivity contribution in [2.24, 2.45) is 0 Å². The SMILES string of the molecule is O=S(=O)(O)c1cc(S(=O)(=O)O)c(Cl)c(S(=O)(=O)O)c1Cl. The van der Waals surface area contributed by atoms with Gasteiger partial charge in [-0.25, -0.2) is 0 Å². The molecule has 1 aromatic carbocycles. The lowest BCUT2D eigenvalue weighted by Gasteiger charge is -2.10. The van der Waals surface area contributed by atoms with Gasteiger partial charge in [0.2, 0.25) is 0 Å². The summed E-state index contributed by atoms with van der Waals surface area (Å²) in [5, 5.41) is -2.46. The van der Waals surface area contributed by atoms with E-state index in [1.54, 1.807) is 0 Å². The van der Waals surface area contributed by atoms with Crippen LogP contribution in [0.3, 0.4) is 0 Å². The van der Waals surface area contributed by atoms with Gasteiger partial charge in [0, 0.05) is 0 Å². The monoisotopic (exact) mass is 386 g/mol. The molecule has 114 valence electrons. The van der Waals surface area contributed by atoms with E-state index < -0.39 is 55.1 Å². The van der Waals surface area contributed by atoms with Crippen molar-refractivity contribution in [2.45, 2.75) is 14.7 Å². The van der Waals surface area contributed by atoms with Crippen LogP contribution < -0.4 is 0 Å². The minimum atomic E-state index is -5.24.